The van der Waals surface area contributed by atoms with Gasteiger partial charge in [0.1, 0.15) is 11.4 Å². The maximum absolute atomic E-state index is 13.6. The molecule has 0 aliphatic carbocycles. The molecule has 2 N–H and O–H groups in total. The minimum Gasteiger partial charge on any atom is -0.369 e. The van der Waals surface area contributed by atoms with Crippen LogP contribution < -0.4 is 5.73 Å². The molecule has 0 bridgehead atoms. The summed E-state index contributed by atoms with van der Waals surface area (Å²) in [6, 6.07) is 8.03. The van der Waals surface area contributed by atoms with Crippen LogP contribution in [0.15, 0.2) is 34.6 Å². The van der Waals surface area contributed by atoms with Crippen LogP contribution in [0, 0.1) is 17.1 Å². The van der Waals surface area contributed by atoms with Gasteiger partial charge in [0, 0.05) is 11.9 Å². The topological polar surface area (TPSA) is 82.5 Å². The summed E-state index contributed by atoms with van der Waals surface area (Å²) >= 11 is 1.44. The van der Waals surface area contributed by atoms with E-state index in [4.69, 9.17) is 11.0 Å². The number of hydrogen-bond acceptors (Lipinski definition) is 5. The summed E-state index contributed by atoms with van der Waals surface area (Å²) < 4.78 is 13.6. The molecule has 1 aliphatic heterocycles. The quantitative estimate of drug-likeness (QED) is 0.911. The van der Waals surface area contributed by atoms with Crippen LogP contribution in [0.2, 0.25) is 0 Å². The summed E-state index contributed by atoms with van der Waals surface area (Å²) in [5.74, 6) is -0.376. The molecule has 5 nitrogen and oxygen atoms in total. The van der Waals surface area contributed by atoms with E-state index in [-0.39, 0.29) is 23.9 Å². The van der Waals surface area contributed by atoms with E-state index in [1.807, 2.05) is 24.4 Å². The van der Waals surface area contributed by atoms with Crippen molar-refractivity contribution >= 4 is 23.2 Å². The van der Waals surface area contributed by atoms with E-state index >= 15 is 0 Å². The van der Waals surface area contributed by atoms with Crippen LogP contribution in [-0.2, 0) is 10.3 Å². The fourth-order valence-electron chi connectivity index (χ4n) is 2.64. The Morgan fingerprint density at radius 3 is 2.79 bits per heavy atom. The number of aliphatic imine (C=N–C) groups is 1. The van der Waals surface area contributed by atoms with E-state index in [0.29, 0.717) is 5.56 Å². The summed E-state index contributed by atoms with van der Waals surface area (Å²) in [5, 5.41) is 10.8. The molecular formula is C17H15FN4OS. The highest BCUT2D eigenvalue weighted by atomic mass is 32.1. The van der Waals surface area contributed by atoms with Gasteiger partial charge >= 0.3 is 0 Å². The molecule has 0 radical (unpaired) electrons. The summed E-state index contributed by atoms with van der Waals surface area (Å²) in [6.45, 7) is 1.85. The summed E-state index contributed by atoms with van der Waals surface area (Å²) in [7, 11) is 1.59. The van der Waals surface area contributed by atoms with Crippen molar-refractivity contribution in [2.24, 2.45) is 10.7 Å². The van der Waals surface area contributed by atoms with Crippen LogP contribution in [0.1, 0.15) is 23.8 Å². The first-order valence-electron chi connectivity index (χ1n) is 7.24. The van der Waals surface area contributed by atoms with Gasteiger partial charge in [-0.2, -0.15) is 5.26 Å². The van der Waals surface area contributed by atoms with Crippen LogP contribution in [0.3, 0.4) is 0 Å². The van der Waals surface area contributed by atoms with E-state index in [9.17, 15) is 9.18 Å². The molecule has 1 aromatic carbocycles. The van der Waals surface area contributed by atoms with Gasteiger partial charge in [0.15, 0.2) is 5.96 Å². The second-order valence-corrected chi connectivity index (χ2v) is 6.82. The molecular weight excluding hydrogens is 327 g/mol. The van der Waals surface area contributed by atoms with E-state index in [1.165, 1.54) is 28.4 Å². The van der Waals surface area contributed by atoms with Gasteiger partial charge in [-0.1, -0.05) is 0 Å². The van der Waals surface area contributed by atoms with Gasteiger partial charge in [0.05, 0.1) is 18.1 Å². The first-order valence-corrected chi connectivity index (χ1v) is 8.12. The predicted molar refractivity (Wildman–Crippen MR) is 90.8 cm³/mol. The standard InChI is InChI=1S/C17H15FN4OS/c1-17(7-15(23)22(2)16(20)21-17)14-6-12(9-24-14)11-3-10(8-19)4-13(18)5-11/h3-6,9H,7H2,1-2H3,(H2,20,21)/t17-/m1/s1. The number of nitrogens with zero attached hydrogens (tertiary/aromatic N) is 3. The minimum absolute atomic E-state index is 0.0996. The smallest absolute Gasteiger partial charge is 0.231 e. The lowest BCUT2D eigenvalue weighted by Crippen LogP contribution is -2.47. The van der Waals surface area contributed by atoms with Crippen LogP contribution in [0.4, 0.5) is 4.39 Å². The number of thiophene rings is 1. The van der Waals surface area contributed by atoms with Crippen LogP contribution in [0.25, 0.3) is 11.1 Å². The molecule has 3 rings (SSSR count). The van der Waals surface area contributed by atoms with Crippen molar-refractivity contribution in [2.75, 3.05) is 7.05 Å². The second-order valence-electron chi connectivity index (χ2n) is 5.91. The maximum atomic E-state index is 13.6. The number of carbonyl (C=O) groups excluding carboxylic acids is 1. The number of amides is 1. The van der Waals surface area contributed by atoms with E-state index in [1.54, 1.807) is 13.1 Å². The van der Waals surface area contributed by atoms with Crippen LogP contribution >= 0.6 is 11.3 Å². The Morgan fingerprint density at radius 1 is 1.38 bits per heavy atom. The number of benzene rings is 1. The van der Waals surface area contributed by atoms with Gasteiger partial charge in [0.2, 0.25) is 5.91 Å². The first kappa shape index (κ1) is 16.1. The zero-order valence-electron chi connectivity index (χ0n) is 13.2. The van der Waals surface area contributed by atoms with Crippen molar-refractivity contribution in [1.82, 2.24) is 4.90 Å². The molecule has 2 aromatic rings. The third-order valence-corrected chi connectivity index (χ3v) is 5.25. The van der Waals surface area contributed by atoms with Crippen LogP contribution in [-0.4, -0.2) is 23.8 Å². The Morgan fingerprint density at radius 2 is 2.12 bits per heavy atom. The second kappa shape index (κ2) is 5.73. The Labute approximate surface area is 142 Å². The highest BCUT2D eigenvalue weighted by Crippen LogP contribution is 2.39. The van der Waals surface area contributed by atoms with Gasteiger partial charge in [0.25, 0.3) is 0 Å². The first-order chi connectivity index (χ1) is 11.3. The molecule has 1 aliphatic rings. The molecule has 1 atom stereocenters. The van der Waals surface area contributed by atoms with Crippen molar-refractivity contribution in [1.29, 1.82) is 5.26 Å². The molecule has 0 spiro atoms. The monoisotopic (exact) mass is 342 g/mol. The fourth-order valence-corrected chi connectivity index (χ4v) is 3.67. The molecule has 0 unspecified atom stereocenters. The van der Waals surface area contributed by atoms with Gasteiger partial charge in [-0.15, -0.1) is 11.3 Å². The average molecular weight is 342 g/mol. The SMILES string of the molecule is CN1C(=O)C[C@](C)(c2cc(-c3cc(F)cc(C#N)c3)cs2)N=C1N. The number of nitriles is 1. The molecule has 1 amide bonds. The van der Waals surface area contributed by atoms with E-state index < -0.39 is 11.4 Å². The van der Waals surface area contributed by atoms with Crippen LogP contribution in [0.5, 0.6) is 0 Å². The average Bonchev–Trinajstić information content (AvgIpc) is 3.03. The number of carbonyl (C=O) groups is 1. The third-order valence-electron chi connectivity index (χ3n) is 4.07. The number of nitrogens with two attached hydrogens (primary N) is 1. The van der Waals surface area contributed by atoms with Crippen molar-refractivity contribution in [3.8, 4) is 17.2 Å². The number of halogens is 1. The number of guanidine groups is 1. The van der Waals surface area contributed by atoms with Gasteiger partial charge < -0.3 is 5.73 Å². The highest BCUT2D eigenvalue weighted by molar-refractivity contribution is 7.10. The molecule has 0 saturated carbocycles. The largest absolute Gasteiger partial charge is 0.369 e. The Hall–Kier alpha value is -2.72. The van der Waals surface area contributed by atoms with E-state index in [0.717, 1.165) is 10.4 Å². The molecule has 1 aromatic heterocycles. The van der Waals surface area contributed by atoms with Gasteiger partial charge in [-0.05, 0) is 47.7 Å². The predicted octanol–water partition coefficient (Wildman–Crippen LogP) is 2.82. The van der Waals surface area contributed by atoms with Crippen molar-refractivity contribution in [2.45, 2.75) is 18.9 Å². The summed E-state index contributed by atoms with van der Waals surface area (Å²) in [6.07, 6.45) is 0.219. The van der Waals surface area contributed by atoms with Crippen molar-refractivity contribution in [3.63, 3.8) is 0 Å². The Kier molecular flexibility index (Phi) is 3.85. The molecule has 7 heteroatoms. The zero-order chi connectivity index (χ0) is 17.5. The summed E-state index contributed by atoms with van der Waals surface area (Å²) in [5.41, 5.74) is 6.77. The molecule has 0 saturated heterocycles. The van der Waals surface area contributed by atoms with Crippen molar-refractivity contribution in [3.05, 3.63) is 45.9 Å². The normalized spacial score (nSPS) is 20.7. The van der Waals surface area contributed by atoms with Crippen molar-refractivity contribution < 1.29 is 9.18 Å². The lowest BCUT2D eigenvalue weighted by molar-refractivity contribution is -0.128. The number of rotatable bonds is 2. The van der Waals surface area contributed by atoms with Gasteiger partial charge in [-0.25, -0.2) is 9.38 Å². The lowest BCUT2D eigenvalue weighted by Gasteiger charge is -2.32. The minimum atomic E-state index is -0.734. The number of hydrogen-bond donors (Lipinski definition) is 1. The third kappa shape index (κ3) is 2.76. The highest BCUT2D eigenvalue weighted by Gasteiger charge is 2.37. The maximum Gasteiger partial charge on any atom is 0.231 e. The molecule has 24 heavy (non-hydrogen) atoms. The lowest BCUT2D eigenvalue weighted by atomic mass is 9.93. The fraction of sp³-hybridized carbons (Fsp3) is 0.235. The Balaban J connectivity index is 2.01. The zero-order valence-corrected chi connectivity index (χ0v) is 14.0. The molecule has 0 fully saturated rings. The molecule has 2 heterocycles. The molecule has 122 valence electrons. The summed E-state index contributed by atoms with van der Waals surface area (Å²) in [4.78, 5) is 18.7. The Bertz CT molecular complexity index is 898. The van der Waals surface area contributed by atoms with Gasteiger partial charge in [-0.3, -0.25) is 9.69 Å². The van der Waals surface area contributed by atoms with E-state index in [2.05, 4.69) is 4.99 Å².